The number of ether oxygens (including phenoxy) is 1. The zero-order valence-corrected chi connectivity index (χ0v) is 6.34. The first-order chi connectivity index (χ1) is 4.85. The van der Waals surface area contributed by atoms with E-state index in [1.807, 2.05) is 6.92 Å². The fraction of sp³-hybridized carbons (Fsp3) is 0.375. The molecule has 0 aromatic carbocycles. The summed E-state index contributed by atoms with van der Waals surface area (Å²) in [4.78, 5) is 3.82. The second-order valence-electron chi connectivity index (χ2n) is 1.70. The van der Waals surface area contributed by atoms with Crippen molar-refractivity contribution in [2.24, 2.45) is 4.99 Å². The number of aliphatic imine (C=N–C) groups is 1. The molecule has 0 unspecified atom stereocenters. The van der Waals surface area contributed by atoms with Crippen molar-refractivity contribution in [1.29, 1.82) is 0 Å². The molecule has 0 aliphatic rings. The van der Waals surface area contributed by atoms with Crippen molar-refractivity contribution in [3.63, 3.8) is 0 Å². The Labute approximate surface area is 61.9 Å². The van der Waals surface area contributed by atoms with Crippen LogP contribution in [0.3, 0.4) is 0 Å². The van der Waals surface area contributed by atoms with E-state index in [0.717, 1.165) is 6.42 Å². The third kappa shape index (κ3) is 3.89. The van der Waals surface area contributed by atoms with Gasteiger partial charge in [-0.2, -0.15) is 0 Å². The molecule has 0 saturated heterocycles. The Morgan fingerprint density at radius 2 is 2.30 bits per heavy atom. The summed E-state index contributed by atoms with van der Waals surface area (Å²) in [6.45, 7) is 9.69. The maximum absolute atomic E-state index is 5.14. The van der Waals surface area contributed by atoms with Crippen molar-refractivity contribution in [3.05, 3.63) is 25.4 Å². The lowest BCUT2D eigenvalue weighted by atomic mass is 10.5. The monoisotopic (exact) mass is 139 g/mol. The molecule has 0 aromatic rings. The molecule has 0 amide bonds. The van der Waals surface area contributed by atoms with Gasteiger partial charge in [0.15, 0.2) is 0 Å². The van der Waals surface area contributed by atoms with Crippen LogP contribution in [0.1, 0.15) is 13.3 Å². The first-order valence-corrected chi connectivity index (χ1v) is 3.29. The molecule has 0 bridgehead atoms. The molecular weight excluding hydrogens is 126 g/mol. The van der Waals surface area contributed by atoms with Crippen LogP contribution >= 0.6 is 0 Å². The van der Waals surface area contributed by atoms with Gasteiger partial charge >= 0.3 is 0 Å². The summed E-state index contributed by atoms with van der Waals surface area (Å²) in [5, 5.41) is 0. The minimum absolute atomic E-state index is 0.539. The highest BCUT2D eigenvalue weighted by Crippen LogP contribution is 1.87. The van der Waals surface area contributed by atoms with E-state index in [1.54, 1.807) is 6.08 Å². The van der Waals surface area contributed by atoms with E-state index >= 15 is 0 Å². The second kappa shape index (κ2) is 6.08. The molecule has 0 N–H and O–H groups in total. The molecule has 0 aliphatic carbocycles. The predicted molar refractivity (Wildman–Crippen MR) is 44.1 cm³/mol. The van der Waals surface area contributed by atoms with Gasteiger partial charge in [-0.25, -0.2) is 4.99 Å². The quantitative estimate of drug-likeness (QED) is 0.432. The third-order valence-electron chi connectivity index (χ3n) is 0.847. The summed E-state index contributed by atoms with van der Waals surface area (Å²) in [5.74, 6) is 0.539. The smallest absolute Gasteiger partial charge is 0.212 e. The molecule has 0 atom stereocenters. The molecule has 0 aliphatic heterocycles. The van der Waals surface area contributed by atoms with Crippen LogP contribution in [0.4, 0.5) is 0 Å². The molecule has 0 fully saturated rings. The summed E-state index contributed by atoms with van der Waals surface area (Å²) in [6.07, 6.45) is 3.98. The van der Waals surface area contributed by atoms with Gasteiger partial charge in [0, 0.05) is 6.20 Å². The topological polar surface area (TPSA) is 21.6 Å². The molecule has 0 saturated carbocycles. The fourth-order valence-corrected chi connectivity index (χ4v) is 0.446. The number of nitrogens with zero attached hydrogens (tertiary/aromatic N) is 1. The standard InChI is InChI=1S/C8H13NO/c1-4-7-10-8(5-2)9-6-3/h5-6H,2-4,7H2,1H3. The van der Waals surface area contributed by atoms with Gasteiger partial charge in [0.05, 0.1) is 6.61 Å². The molecule has 2 heteroatoms. The Morgan fingerprint density at radius 1 is 1.60 bits per heavy atom. The van der Waals surface area contributed by atoms with Gasteiger partial charge in [-0.1, -0.05) is 20.1 Å². The Morgan fingerprint density at radius 3 is 2.70 bits per heavy atom. The van der Waals surface area contributed by atoms with Crippen LogP contribution in [0.25, 0.3) is 0 Å². The molecule has 0 aromatic heterocycles. The first kappa shape index (κ1) is 8.95. The van der Waals surface area contributed by atoms with E-state index in [4.69, 9.17) is 4.74 Å². The van der Waals surface area contributed by atoms with Crippen LogP contribution < -0.4 is 0 Å². The van der Waals surface area contributed by atoms with E-state index in [2.05, 4.69) is 18.2 Å². The largest absolute Gasteiger partial charge is 0.478 e. The van der Waals surface area contributed by atoms with E-state index in [0.29, 0.717) is 12.5 Å². The van der Waals surface area contributed by atoms with Gasteiger partial charge < -0.3 is 4.74 Å². The van der Waals surface area contributed by atoms with Gasteiger partial charge in [0.2, 0.25) is 5.90 Å². The molecule has 0 rings (SSSR count). The molecule has 0 spiro atoms. The van der Waals surface area contributed by atoms with E-state index in [9.17, 15) is 0 Å². The number of hydrogen-bond acceptors (Lipinski definition) is 2. The van der Waals surface area contributed by atoms with Crippen molar-refractivity contribution in [2.45, 2.75) is 13.3 Å². The van der Waals surface area contributed by atoms with Crippen molar-refractivity contribution < 1.29 is 4.74 Å². The summed E-state index contributed by atoms with van der Waals surface area (Å²) in [7, 11) is 0. The zero-order valence-electron chi connectivity index (χ0n) is 6.34. The van der Waals surface area contributed by atoms with Crippen LogP contribution in [0, 0.1) is 0 Å². The van der Waals surface area contributed by atoms with Gasteiger partial charge in [0.25, 0.3) is 0 Å². The molecular formula is C8H13NO. The van der Waals surface area contributed by atoms with E-state index in [1.165, 1.54) is 6.20 Å². The molecule has 0 heterocycles. The molecule has 2 nitrogen and oxygen atoms in total. The summed E-state index contributed by atoms with van der Waals surface area (Å²) in [5.41, 5.74) is 0. The highest BCUT2D eigenvalue weighted by Gasteiger charge is 1.88. The van der Waals surface area contributed by atoms with Crippen molar-refractivity contribution >= 4 is 5.90 Å². The molecule has 0 radical (unpaired) electrons. The van der Waals surface area contributed by atoms with Gasteiger partial charge in [-0.3, -0.25) is 0 Å². The van der Waals surface area contributed by atoms with Crippen LogP contribution in [-0.2, 0) is 4.74 Å². The van der Waals surface area contributed by atoms with Crippen molar-refractivity contribution in [2.75, 3.05) is 6.61 Å². The van der Waals surface area contributed by atoms with Crippen LogP contribution in [0.15, 0.2) is 30.4 Å². The Balaban J connectivity index is 3.70. The van der Waals surface area contributed by atoms with Crippen LogP contribution in [-0.4, -0.2) is 12.5 Å². The van der Waals surface area contributed by atoms with E-state index in [-0.39, 0.29) is 0 Å². The lowest BCUT2D eigenvalue weighted by molar-refractivity contribution is 0.307. The number of rotatable bonds is 4. The highest BCUT2D eigenvalue weighted by atomic mass is 16.5. The lowest BCUT2D eigenvalue weighted by Crippen LogP contribution is -2.00. The van der Waals surface area contributed by atoms with Gasteiger partial charge in [-0.05, 0) is 12.5 Å². The normalized spacial score (nSPS) is 10.7. The Bertz CT molecular complexity index is 138. The van der Waals surface area contributed by atoms with Crippen molar-refractivity contribution in [1.82, 2.24) is 0 Å². The average molecular weight is 139 g/mol. The van der Waals surface area contributed by atoms with E-state index < -0.39 is 0 Å². The van der Waals surface area contributed by atoms with Gasteiger partial charge in [0.1, 0.15) is 0 Å². The number of hydrogen-bond donors (Lipinski definition) is 0. The second-order valence-corrected chi connectivity index (χ2v) is 1.70. The maximum Gasteiger partial charge on any atom is 0.212 e. The summed E-state index contributed by atoms with van der Waals surface area (Å²) in [6, 6.07) is 0. The van der Waals surface area contributed by atoms with Gasteiger partial charge in [-0.15, -0.1) is 0 Å². The minimum Gasteiger partial charge on any atom is -0.478 e. The SMILES string of the molecule is C=CN=C(C=C)OCCC. The first-order valence-electron chi connectivity index (χ1n) is 3.29. The van der Waals surface area contributed by atoms with Crippen molar-refractivity contribution in [3.8, 4) is 0 Å². The lowest BCUT2D eigenvalue weighted by Gasteiger charge is -2.00. The summed E-state index contributed by atoms with van der Waals surface area (Å²) >= 11 is 0. The zero-order chi connectivity index (χ0) is 7.82. The maximum atomic E-state index is 5.14. The molecule has 10 heavy (non-hydrogen) atoms. The summed E-state index contributed by atoms with van der Waals surface area (Å²) < 4.78 is 5.14. The minimum atomic E-state index is 0.539. The third-order valence-corrected chi connectivity index (χ3v) is 0.847. The Kier molecular flexibility index (Phi) is 5.44. The fourth-order valence-electron chi connectivity index (χ4n) is 0.446. The van der Waals surface area contributed by atoms with Crippen LogP contribution in [0.2, 0.25) is 0 Å². The van der Waals surface area contributed by atoms with Crippen LogP contribution in [0.5, 0.6) is 0 Å². The average Bonchev–Trinajstić information content (AvgIpc) is 1.98. The Hall–Kier alpha value is -1.05. The molecule has 56 valence electrons. The predicted octanol–water partition coefficient (Wildman–Crippen LogP) is 2.14. The highest BCUT2D eigenvalue weighted by molar-refractivity contribution is 5.87.